The summed E-state index contributed by atoms with van der Waals surface area (Å²) < 4.78 is 5.30. The molecule has 0 radical (unpaired) electrons. The number of methoxy groups -OCH3 is 1. The first-order valence-corrected chi connectivity index (χ1v) is 10.3. The van der Waals surface area contributed by atoms with Gasteiger partial charge in [-0.2, -0.15) is 0 Å². The fourth-order valence-electron chi connectivity index (χ4n) is 3.42. The molecule has 1 aliphatic rings. The number of thiophene rings is 1. The Kier molecular flexibility index (Phi) is 6.53. The summed E-state index contributed by atoms with van der Waals surface area (Å²) in [5.41, 5.74) is 1.94. The third-order valence-electron chi connectivity index (χ3n) is 4.90. The summed E-state index contributed by atoms with van der Waals surface area (Å²) in [6.07, 6.45) is 2.02. The second-order valence-corrected chi connectivity index (χ2v) is 8.24. The number of hydrogen-bond donors (Lipinski definition) is 2. The van der Waals surface area contributed by atoms with Crippen molar-refractivity contribution >= 4 is 39.8 Å². The number of carbonyl (C=O) groups excluding carboxylic acids is 3. The molecule has 3 rings (SSSR count). The fraction of sp³-hybridized carbons (Fsp3) is 0.381. The molecule has 154 valence electrons. The second-order valence-electron chi connectivity index (χ2n) is 7.13. The number of carboxylic acid groups (broad SMARTS) is 1. The van der Waals surface area contributed by atoms with Crippen LogP contribution in [0.15, 0.2) is 24.3 Å². The molecule has 1 aliphatic carbocycles. The van der Waals surface area contributed by atoms with E-state index >= 15 is 0 Å². The molecule has 7 nitrogen and oxygen atoms in total. The van der Waals surface area contributed by atoms with Crippen LogP contribution in [0.5, 0.6) is 5.75 Å². The third kappa shape index (κ3) is 4.95. The quantitative estimate of drug-likeness (QED) is 0.723. The Morgan fingerprint density at radius 2 is 1.97 bits per heavy atom. The molecule has 2 N–H and O–H groups in total. The van der Waals surface area contributed by atoms with E-state index in [1.807, 2.05) is 6.07 Å². The van der Waals surface area contributed by atoms with E-state index in [2.05, 4.69) is 17.6 Å². The molecular formula is C21H23N2O5S-. The van der Waals surface area contributed by atoms with Crippen molar-refractivity contribution in [3.05, 3.63) is 40.3 Å². The van der Waals surface area contributed by atoms with Gasteiger partial charge >= 0.3 is 0 Å². The van der Waals surface area contributed by atoms with Gasteiger partial charge in [-0.3, -0.25) is 9.59 Å². The van der Waals surface area contributed by atoms with E-state index in [9.17, 15) is 19.5 Å². The highest BCUT2D eigenvalue weighted by molar-refractivity contribution is 7.17. The summed E-state index contributed by atoms with van der Waals surface area (Å²) in [4.78, 5) is 37.0. The maximum absolute atomic E-state index is 13.1. The van der Waals surface area contributed by atoms with Crippen molar-refractivity contribution in [1.82, 2.24) is 0 Å². The maximum Gasteiger partial charge on any atom is 0.259 e. The zero-order valence-electron chi connectivity index (χ0n) is 16.4. The molecular weight excluding hydrogens is 392 g/mol. The average molecular weight is 415 g/mol. The summed E-state index contributed by atoms with van der Waals surface area (Å²) >= 11 is 1.39. The first kappa shape index (κ1) is 20.9. The van der Waals surface area contributed by atoms with Gasteiger partial charge in [0.05, 0.1) is 18.4 Å². The lowest BCUT2D eigenvalue weighted by molar-refractivity contribution is -0.305. The number of rotatable bonds is 7. The Bertz CT molecular complexity index is 937. The van der Waals surface area contributed by atoms with Gasteiger partial charge in [-0.1, -0.05) is 19.1 Å². The van der Waals surface area contributed by atoms with E-state index in [1.54, 1.807) is 18.2 Å². The lowest BCUT2D eigenvalue weighted by atomic mass is 9.88. The monoisotopic (exact) mass is 415 g/mol. The predicted molar refractivity (Wildman–Crippen MR) is 109 cm³/mol. The molecule has 0 saturated heterocycles. The minimum atomic E-state index is -1.28. The molecule has 0 unspecified atom stereocenters. The molecule has 29 heavy (non-hydrogen) atoms. The maximum atomic E-state index is 13.1. The summed E-state index contributed by atoms with van der Waals surface area (Å²) in [5.74, 6) is -1.01. The molecule has 0 fully saturated rings. The van der Waals surface area contributed by atoms with E-state index in [-0.39, 0.29) is 18.7 Å². The number of ether oxygens (including phenoxy) is 1. The van der Waals surface area contributed by atoms with Gasteiger partial charge < -0.3 is 25.3 Å². The Hall–Kier alpha value is -2.87. The summed E-state index contributed by atoms with van der Waals surface area (Å²) in [7, 11) is 1.53. The molecule has 0 bridgehead atoms. The van der Waals surface area contributed by atoms with Crippen LogP contribution in [0.3, 0.4) is 0 Å². The Balaban J connectivity index is 1.90. The summed E-state index contributed by atoms with van der Waals surface area (Å²) in [6, 6.07) is 7.11. The topological polar surface area (TPSA) is 108 Å². The molecule has 0 spiro atoms. The molecule has 2 amide bonds. The van der Waals surface area contributed by atoms with Crippen molar-refractivity contribution in [1.29, 1.82) is 0 Å². The number of aliphatic carboxylic acids is 1. The lowest BCUT2D eigenvalue weighted by Gasteiger charge is -2.19. The third-order valence-corrected chi connectivity index (χ3v) is 6.07. The van der Waals surface area contributed by atoms with Gasteiger partial charge in [-0.05, 0) is 49.3 Å². The van der Waals surface area contributed by atoms with Gasteiger partial charge in [-0.25, -0.2) is 0 Å². The van der Waals surface area contributed by atoms with E-state index in [4.69, 9.17) is 4.74 Å². The number of benzene rings is 1. The first-order chi connectivity index (χ1) is 13.9. The second kappa shape index (κ2) is 9.09. The van der Waals surface area contributed by atoms with Crippen LogP contribution in [0, 0.1) is 5.92 Å². The molecule has 0 saturated carbocycles. The first-order valence-electron chi connectivity index (χ1n) is 9.47. The van der Waals surface area contributed by atoms with Gasteiger partial charge in [-0.15, -0.1) is 11.3 Å². The van der Waals surface area contributed by atoms with Crippen molar-refractivity contribution in [2.24, 2.45) is 5.92 Å². The molecule has 0 aliphatic heterocycles. The van der Waals surface area contributed by atoms with Crippen molar-refractivity contribution in [3.8, 4) is 5.75 Å². The number of carboxylic acids is 1. The lowest BCUT2D eigenvalue weighted by Crippen LogP contribution is -2.24. The van der Waals surface area contributed by atoms with Gasteiger partial charge in [0.1, 0.15) is 10.8 Å². The summed E-state index contributed by atoms with van der Waals surface area (Å²) in [5, 5.41) is 16.7. The normalized spacial score (nSPS) is 15.3. The predicted octanol–water partition coefficient (Wildman–Crippen LogP) is 2.60. The number of para-hydroxylation sites is 2. The fourth-order valence-corrected chi connectivity index (χ4v) is 4.84. The number of fused-ring (bicyclic) bond motifs is 1. The van der Waals surface area contributed by atoms with Crippen molar-refractivity contribution in [2.75, 3.05) is 17.7 Å². The van der Waals surface area contributed by atoms with E-state index in [1.165, 1.54) is 18.4 Å². The minimum absolute atomic E-state index is 0.200. The van der Waals surface area contributed by atoms with Crippen LogP contribution in [0.1, 0.15) is 47.0 Å². The van der Waals surface area contributed by atoms with Crippen molar-refractivity contribution < 1.29 is 24.2 Å². The Labute approximate surface area is 173 Å². The van der Waals surface area contributed by atoms with Crippen molar-refractivity contribution in [2.45, 2.75) is 39.0 Å². The van der Waals surface area contributed by atoms with Crippen LogP contribution in [-0.2, 0) is 22.4 Å². The molecule has 1 heterocycles. The van der Waals surface area contributed by atoms with E-state index in [0.29, 0.717) is 27.9 Å². The molecule has 1 aromatic heterocycles. The SMILES string of the molecule is COc1ccccc1NC(=O)c1c(NC(=O)CCC(=O)[O-])sc2c1CC[C@@H](C)C2. The van der Waals surface area contributed by atoms with E-state index in [0.717, 1.165) is 29.7 Å². The van der Waals surface area contributed by atoms with Crippen molar-refractivity contribution in [3.63, 3.8) is 0 Å². The van der Waals surface area contributed by atoms with Gasteiger partial charge in [0.2, 0.25) is 5.91 Å². The highest BCUT2D eigenvalue weighted by atomic mass is 32.1. The standard InChI is InChI=1S/C21H24N2O5S/c1-12-7-8-13-16(11-12)29-21(23-17(24)9-10-18(25)26)19(13)20(27)22-14-5-3-4-6-15(14)28-2/h3-6,12H,7-11H2,1-2H3,(H,22,27)(H,23,24)(H,25,26)/p-1/t12-/m1/s1. The zero-order chi connectivity index (χ0) is 21.0. The van der Waals surface area contributed by atoms with Crippen LogP contribution in [0.25, 0.3) is 0 Å². The van der Waals surface area contributed by atoms with Gasteiger partial charge in [0.25, 0.3) is 5.91 Å². The van der Waals surface area contributed by atoms with E-state index < -0.39 is 11.9 Å². The number of anilines is 2. The number of amides is 2. The number of carbonyl (C=O) groups is 3. The Morgan fingerprint density at radius 1 is 1.21 bits per heavy atom. The highest BCUT2D eigenvalue weighted by Crippen LogP contribution is 2.40. The zero-order valence-corrected chi connectivity index (χ0v) is 17.2. The van der Waals surface area contributed by atoms with Crippen LogP contribution >= 0.6 is 11.3 Å². The van der Waals surface area contributed by atoms with Crippen LogP contribution in [0.4, 0.5) is 10.7 Å². The van der Waals surface area contributed by atoms with Crippen LogP contribution in [0.2, 0.25) is 0 Å². The smallest absolute Gasteiger partial charge is 0.259 e. The number of hydrogen-bond acceptors (Lipinski definition) is 6. The average Bonchev–Trinajstić information content (AvgIpc) is 3.03. The molecule has 1 atom stereocenters. The van der Waals surface area contributed by atoms with Crippen LogP contribution < -0.4 is 20.5 Å². The molecule has 1 aromatic carbocycles. The molecule has 8 heteroatoms. The highest BCUT2D eigenvalue weighted by Gasteiger charge is 2.28. The van der Waals surface area contributed by atoms with Crippen LogP contribution in [-0.4, -0.2) is 24.9 Å². The summed E-state index contributed by atoms with van der Waals surface area (Å²) in [6.45, 7) is 2.16. The minimum Gasteiger partial charge on any atom is -0.550 e. The van der Waals surface area contributed by atoms with Gasteiger partial charge in [0.15, 0.2) is 0 Å². The molecule has 2 aromatic rings. The van der Waals surface area contributed by atoms with Gasteiger partial charge in [0, 0.05) is 17.3 Å². The number of nitrogens with one attached hydrogen (secondary N) is 2. The largest absolute Gasteiger partial charge is 0.550 e. The Morgan fingerprint density at radius 3 is 2.69 bits per heavy atom.